The zero-order chi connectivity index (χ0) is 21.9. The standard InChI is InChI=1S/C20H24N2O6S2/c1-14(18-5-3-4-6-19(18)28-2)21-20(23)15-7-9-17(10-8-15)30(26,27)22-16-11-12-29(24,25)13-16/h3-10,14,16,22H,11-13H2,1-2H3,(H,21,23)/t14-,16+/m1/s1. The third kappa shape index (κ3) is 5.18. The monoisotopic (exact) mass is 452 g/mol. The second kappa shape index (κ2) is 8.75. The molecular formula is C20H24N2O6S2. The van der Waals surface area contributed by atoms with Crippen molar-refractivity contribution in [2.45, 2.75) is 30.3 Å². The minimum Gasteiger partial charge on any atom is -0.496 e. The maximum Gasteiger partial charge on any atom is 0.251 e. The number of amides is 1. The molecule has 0 unspecified atom stereocenters. The van der Waals surface area contributed by atoms with Gasteiger partial charge in [-0.05, 0) is 43.7 Å². The third-order valence-corrected chi connectivity index (χ3v) is 8.24. The van der Waals surface area contributed by atoms with Crippen LogP contribution in [0.15, 0.2) is 53.4 Å². The summed E-state index contributed by atoms with van der Waals surface area (Å²) in [6.07, 6.45) is 0.253. The lowest BCUT2D eigenvalue weighted by Gasteiger charge is -2.17. The summed E-state index contributed by atoms with van der Waals surface area (Å²) in [6.45, 7) is 1.83. The minimum absolute atomic E-state index is 0.0241. The molecule has 8 nitrogen and oxygen atoms in total. The lowest BCUT2D eigenvalue weighted by atomic mass is 10.1. The Morgan fingerprint density at radius 2 is 1.80 bits per heavy atom. The highest BCUT2D eigenvalue weighted by molar-refractivity contribution is 7.92. The van der Waals surface area contributed by atoms with E-state index in [1.807, 2.05) is 25.1 Å². The Morgan fingerprint density at radius 1 is 1.13 bits per heavy atom. The molecule has 1 saturated heterocycles. The van der Waals surface area contributed by atoms with Gasteiger partial charge in [-0.3, -0.25) is 4.79 Å². The van der Waals surface area contributed by atoms with Crippen LogP contribution in [0.4, 0.5) is 0 Å². The predicted molar refractivity (Wildman–Crippen MR) is 113 cm³/mol. The van der Waals surface area contributed by atoms with E-state index < -0.39 is 25.9 Å². The maximum absolute atomic E-state index is 12.6. The average molecular weight is 453 g/mol. The van der Waals surface area contributed by atoms with Gasteiger partial charge in [0.05, 0.1) is 29.6 Å². The molecule has 30 heavy (non-hydrogen) atoms. The van der Waals surface area contributed by atoms with E-state index in [9.17, 15) is 21.6 Å². The van der Waals surface area contributed by atoms with Crippen LogP contribution >= 0.6 is 0 Å². The fourth-order valence-electron chi connectivity index (χ4n) is 3.34. The molecule has 2 aromatic rings. The van der Waals surface area contributed by atoms with Gasteiger partial charge in [-0.15, -0.1) is 0 Å². The van der Waals surface area contributed by atoms with E-state index in [1.165, 1.54) is 24.3 Å². The van der Waals surface area contributed by atoms with E-state index in [2.05, 4.69) is 10.0 Å². The number of sulfone groups is 1. The first kappa shape index (κ1) is 22.3. The number of sulfonamides is 1. The smallest absolute Gasteiger partial charge is 0.251 e. The number of hydrogen-bond donors (Lipinski definition) is 2. The number of para-hydroxylation sites is 1. The van der Waals surface area contributed by atoms with Gasteiger partial charge in [0.1, 0.15) is 5.75 Å². The highest BCUT2D eigenvalue weighted by Crippen LogP contribution is 2.24. The number of carbonyl (C=O) groups is 1. The Bertz CT molecular complexity index is 1130. The SMILES string of the molecule is COc1ccccc1[C@@H](C)NC(=O)c1ccc(S(=O)(=O)N[C@H]2CCS(=O)(=O)C2)cc1. The highest BCUT2D eigenvalue weighted by Gasteiger charge is 2.31. The number of methoxy groups -OCH3 is 1. The van der Waals surface area contributed by atoms with E-state index in [-0.39, 0.29) is 34.8 Å². The van der Waals surface area contributed by atoms with Crippen molar-refractivity contribution in [3.05, 3.63) is 59.7 Å². The fraction of sp³-hybridized carbons (Fsp3) is 0.350. The van der Waals surface area contributed by atoms with Gasteiger partial charge in [-0.2, -0.15) is 0 Å². The molecule has 0 saturated carbocycles. The van der Waals surface area contributed by atoms with Gasteiger partial charge in [-0.25, -0.2) is 21.6 Å². The van der Waals surface area contributed by atoms with E-state index >= 15 is 0 Å². The van der Waals surface area contributed by atoms with Crippen molar-refractivity contribution in [3.63, 3.8) is 0 Å². The van der Waals surface area contributed by atoms with E-state index in [4.69, 9.17) is 4.74 Å². The number of hydrogen-bond acceptors (Lipinski definition) is 6. The van der Waals surface area contributed by atoms with Crippen LogP contribution in [0, 0.1) is 0 Å². The van der Waals surface area contributed by atoms with Crippen LogP contribution in [-0.4, -0.2) is 47.4 Å². The molecule has 0 aromatic heterocycles. The third-order valence-electron chi connectivity index (χ3n) is 4.93. The Balaban J connectivity index is 1.68. The maximum atomic E-state index is 12.6. The molecule has 162 valence electrons. The normalized spacial score (nSPS) is 19.2. The van der Waals surface area contributed by atoms with Gasteiger partial charge in [-0.1, -0.05) is 18.2 Å². The summed E-state index contributed by atoms with van der Waals surface area (Å²) in [5.74, 6) is 0.0796. The molecule has 0 spiro atoms. The molecule has 3 rings (SSSR count). The Labute approximate surface area is 176 Å². The van der Waals surface area contributed by atoms with Crippen molar-refractivity contribution >= 4 is 25.8 Å². The van der Waals surface area contributed by atoms with Gasteiger partial charge in [0.25, 0.3) is 5.91 Å². The average Bonchev–Trinajstić information content (AvgIpc) is 3.05. The second-order valence-corrected chi connectivity index (χ2v) is 11.1. The van der Waals surface area contributed by atoms with E-state index in [0.717, 1.165) is 5.56 Å². The molecule has 1 amide bonds. The van der Waals surface area contributed by atoms with Crippen molar-refractivity contribution in [2.24, 2.45) is 0 Å². The Kier molecular flexibility index (Phi) is 6.49. The second-order valence-electron chi connectivity index (χ2n) is 7.18. The van der Waals surface area contributed by atoms with Crippen LogP contribution in [0.2, 0.25) is 0 Å². The summed E-state index contributed by atoms with van der Waals surface area (Å²) in [7, 11) is -5.51. The Hall–Kier alpha value is -2.43. The zero-order valence-electron chi connectivity index (χ0n) is 16.7. The van der Waals surface area contributed by atoms with Crippen LogP contribution < -0.4 is 14.8 Å². The molecule has 0 bridgehead atoms. The van der Waals surface area contributed by atoms with Crippen molar-refractivity contribution in [3.8, 4) is 5.75 Å². The molecule has 2 aromatic carbocycles. The zero-order valence-corrected chi connectivity index (χ0v) is 18.3. The van der Waals surface area contributed by atoms with E-state index in [0.29, 0.717) is 11.3 Å². The van der Waals surface area contributed by atoms with Crippen LogP contribution in [0.1, 0.15) is 35.3 Å². The van der Waals surface area contributed by atoms with Crippen LogP contribution in [-0.2, 0) is 19.9 Å². The number of nitrogens with one attached hydrogen (secondary N) is 2. The summed E-state index contributed by atoms with van der Waals surface area (Å²) >= 11 is 0. The van der Waals surface area contributed by atoms with Crippen molar-refractivity contribution in [1.82, 2.24) is 10.0 Å². The van der Waals surface area contributed by atoms with Crippen molar-refractivity contribution < 1.29 is 26.4 Å². The molecule has 0 radical (unpaired) electrons. The summed E-state index contributed by atoms with van der Waals surface area (Å²) < 4.78 is 55.8. The van der Waals surface area contributed by atoms with E-state index in [1.54, 1.807) is 13.2 Å². The van der Waals surface area contributed by atoms with Gasteiger partial charge in [0, 0.05) is 17.2 Å². The van der Waals surface area contributed by atoms with Crippen LogP contribution in [0.25, 0.3) is 0 Å². The quantitative estimate of drug-likeness (QED) is 0.659. The molecular weight excluding hydrogens is 428 g/mol. The van der Waals surface area contributed by atoms with Crippen LogP contribution in [0.5, 0.6) is 5.75 Å². The van der Waals surface area contributed by atoms with Gasteiger partial charge < -0.3 is 10.1 Å². The first-order valence-electron chi connectivity index (χ1n) is 9.38. The number of benzene rings is 2. The first-order valence-corrected chi connectivity index (χ1v) is 12.7. The van der Waals surface area contributed by atoms with Gasteiger partial charge in [0.15, 0.2) is 9.84 Å². The molecule has 1 aliphatic rings. The first-order chi connectivity index (χ1) is 14.1. The fourth-order valence-corrected chi connectivity index (χ4v) is 6.39. The summed E-state index contributed by atoms with van der Waals surface area (Å²) in [4.78, 5) is 12.5. The summed E-state index contributed by atoms with van der Waals surface area (Å²) in [6, 6.07) is 11.9. The molecule has 2 N–H and O–H groups in total. The van der Waals surface area contributed by atoms with Gasteiger partial charge >= 0.3 is 0 Å². The minimum atomic E-state index is -3.87. The van der Waals surface area contributed by atoms with Crippen molar-refractivity contribution in [1.29, 1.82) is 0 Å². The largest absolute Gasteiger partial charge is 0.496 e. The number of rotatable bonds is 7. The summed E-state index contributed by atoms with van der Waals surface area (Å²) in [5, 5.41) is 2.86. The lowest BCUT2D eigenvalue weighted by Crippen LogP contribution is -2.35. The van der Waals surface area contributed by atoms with Crippen LogP contribution in [0.3, 0.4) is 0 Å². The molecule has 1 heterocycles. The number of carbonyl (C=O) groups excluding carboxylic acids is 1. The highest BCUT2D eigenvalue weighted by atomic mass is 32.2. The van der Waals surface area contributed by atoms with Crippen molar-refractivity contribution in [2.75, 3.05) is 18.6 Å². The van der Waals surface area contributed by atoms with Gasteiger partial charge in [0.2, 0.25) is 10.0 Å². The molecule has 10 heteroatoms. The number of ether oxygens (including phenoxy) is 1. The Morgan fingerprint density at radius 3 is 2.40 bits per heavy atom. The molecule has 0 aliphatic carbocycles. The predicted octanol–water partition coefficient (Wildman–Crippen LogP) is 1.65. The topological polar surface area (TPSA) is 119 Å². The lowest BCUT2D eigenvalue weighted by molar-refractivity contribution is 0.0939. The molecule has 1 aliphatic heterocycles. The molecule has 1 fully saturated rings. The molecule has 2 atom stereocenters. The summed E-state index contributed by atoms with van der Waals surface area (Å²) in [5.41, 5.74) is 1.13.